The number of carbonyl (C=O) groups is 1. The van der Waals surface area contributed by atoms with Crippen LogP contribution < -0.4 is 11.1 Å². The van der Waals surface area contributed by atoms with Crippen LogP contribution in [0.25, 0.3) is 0 Å². The maximum atomic E-state index is 11.3. The van der Waals surface area contributed by atoms with Crippen LogP contribution in [0.3, 0.4) is 0 Å². The minimum Gasteiger partial charge on any atom is -0.368 e. The summed E-state index contributed by atoms with van der Waals surface area (Å²) in [7, 11) is 1.98. The van der Waals surface area contributed by atoms with Crippen LogP contribution in [-0.2, 0) is 4.79 Å². The maximum Gasteiger partial charge on any atom is 0.238 e. The molecule has 0 bridgehead atoms. The van der Waals surface area contributed by atoms with Crippen molar-refractivity contribution < 1.29 is 4.79 Å². The number of primary amides is 1. The van der Waals surface area contributed by atoms with E-state index in [0.29, 0.717) is 6.54 Å². The van der Waals surface area contributed by atoms with Crippen molar-refractivity contribution in [3.63, 3.8) is 0 Å². The van der Waals surface area contributed by atoms with Crippen molar-refractivity contribution in [1.29, 1.82) is 0 Å². The van der Waals surface area contributed by atoms with Crippen LogP contribution in [0.5, 0.6) is 0 Å². The maximum absolute atomic E-state index is 11.3. The molecule has 0 aliphatic rings. The monoisotopic (exact) mass is 201 g/mol. The predicted molar refractivity (Wildman–Crippen MR) is 59.1 cm³/mol. The molecule has 0 heterocycles. The van der Waals surface area contributed by atoms with Crippen LogP contribution in [0, 0.1) is 0 Å². The molecule has 0 spiro atoms. The molecule has 0 aliphatic carbocycles. The van der Waals surface area contributed by atoms with E-state index < -0.39 is 5.54 Å². The molecule has 0 radical (unpaired) electrons. The lowest BCUT2D eigenvalue weighted by Gasteiger charge is -2.31. The average molecular weight is 201 g/mol. The number of likely N-dealkylation sites (N-methyl/N-ethyl adjacent to an activating group) is 1. The summed E-state index contributed by atoms with van der Waals surface area (Å²) in [6.45, 7) is 8.36. The van der Waals surface area contributed by atoms with Gasteiger partial charge < -0.3 is 16.0 Å². The van der Waals surface area contributed by atoms with Gasteiger partial charge in [0, 0.05) is 6.54 Å². The SMILES string of the molecule is CCCNC(C)(CN(C)CC)C(N)=O. The van der Waals surface area contributed by atoms with Crippen LogP contribution in [0.2, 0.25) is 0 Å². The van der Waals surface area contributed by atoms with E-state index in [1.165, 1.54) is 0 Å². The lowest BCUT2D eigenvalue weighted by Crippen LogP contribution is -2.59. The zero-order valence-electron chi connectivity index (χ0n) is 9.76. The van der Waals surface area contributed by atoms with Crippen molar-refractivity contribution in [2.75, 3.05) is 26.7 Å². The summed E-state index contributed by atoms with van der Waals surface area (Å²) < 4.78 is 0. The summed E-state index contributed by atoms with van der Waals surface area (Å²) in [6, 6.07) is 0. The second-order valence-corrected chi connectivity index (χ2v) is 3.95. The van der Waals surface area contributed by atoms with Crippen molar-refractivity contribution >= 4 is 5.91 Å². The molecule has 0 fully saturated rings. The van der Waals surface area contributed by atoms with E-state index in [1.54, 1.807) is 0 Å². The average Bonchev–Trinajstić information content (AvgIpc) is 2.14. The van der Waals surface area contributed by atoms with E-state index in [4.69, 9.17) is 5.73 Å². The molecular formula is C10H23N3O. The van der Waals surface area contributed by atoms with Gasteiger partial charge in [0.05, 0.1) is 0 Å². The summed E-state index contributed by atoms with van der Waals surface area (Å²) in [6.07, 6.45) is 0.999. The quantitative estimate of drug-likeness (QED) is 0.618. The standard InChI is InChI=1S/C10H23N3O/c1-5-7-12-10(3,9(11)14)8-13(4)6-2/h12H,5-8H2,1-4H3,(H2,11,14). The van der Waals surface area contributed by atoms with E-state index >= 15 is 0 Å². The van der Waals surface area contributed by atoms with E-state index in [0.717, 1.165) is 19.5 Å². The van der Waals surface area contributed by atoms with Crippen molar-refractivity contribution in [2.24, 2.45) is 5.73 Å². The minimum atomic E-state index is -0.610. The Balaban J connectivity index is 4.31. The number of hydrogen-bond acceptors (Lipinski definition) is 3. The Kier molecular flexibility index (Phi) is 5.72. The van der Waals surface area contributed by atoms with Crippen LogP contribution >= 0.6 is 0 Å². The Hall–Kier alpha value is -0.610. The number of carbonyl (C=O) groups excluding carboxylic acids is 1. The van der Waals surface area contributed by atoms with Crippen LogP contribution in [0.4, 0.5) is 0 Å². The molecule has 84 valence electrons. The summed E-state index contributed by atoms with van der Waals surface area (Å²) >= 11 is 0. The predicted octanol–water partition coefficient (Wildman–Crippen LogP) is 0.182. The van der Waals surface area contributed by atoms with Gasteiger partial charge in [-0.1, -0.05) is 13.8 Å². The first-order valence-corrected chi connectivity index (χ1v) is 5.19. The zero-order valence-corrected chi connectivity index (χ0v) is 9.76. The number of amides is 1. The lowest BCUT2D eigenvalue weighted by molar-refractivity contribution is -0.124. The first-order valence-electron chi connectivity index (χ1n) is 5.19. The summed E-state index contributed by atoms with van der Waals surface area (Å²) in [5.74, 6) is -0.286. The highest BCUT2D eigenvalue weighted by atomic mass is 16.1. The van der Waals surface area contributed by atoms with Crippen molar-refractivity contribution in [3.05, 3.63) is 0 Å². The highest BCUT2D eigenvalue weighted by Gasteiger charge is 2.30. The van der Waals surface area contributed by atoms with E-state index in [2.05, 4.69) is 24.1 Å². The summed E-state index contributed by atoms with van der Waals surface area (Å²) in [5.41, 5.74) is 4.78. The smallest absolute Gasteiger partial charge is 0.238 e. The van der Waals surface area contributed by atoms with Gasteiger partial charge >= 0.3 is 0 Å². The van der Waals surface area contributed by atoms with Gasteiger partial charge in [0.15, 0.2) is 0 Å². The van der Waals surface area contributed by atoms with E-state index in [1.807, 2.05) is 14.0 Å². The lowest BCUT2D eigenvalue weighted by atomic mass is 10.0. The highest BCUT2D eigenvalue weighted by molar-refractivity contribution is 5.84. The molecule has 0 aromatic carbocycles. The van der Waals surface area contributed by atoms with E-state index in [9.17, 15) is 4.79 Å². The van der Waals surface area contributed by atoms with Gasteiger partial charge in [0.2, 0.25) is 5.91 Å². The fourth-order valence-corrected chi connectivity index (χ4v) is 1.27. The van der Waals surface area contributed by atoms with Gasteiger partial charge in [-0.25, -0.2) is 0 Å². The van der Waals surface area contributed by atoms with Gasteiger partial charge in [0.25, 0.3) is 0 Å². The van der Waals surface area contributed by atoms with Crippen molar-refractivity contribution in [3.8, 4) is 0 Å². The first kappa shape index (κ1) is 13.4. The molecule has 0 aromatic heterocycles. The molecule has 1 unspecified atom stereocenters. The number of nitrogens with one attached hydrogen (secondary N) is 1. The second kappa shape index (κ2) is 5.98. The van der Waals surface area contributed by atoms with Gasteiger partial charge in [-0.2, -0.15) is 0 Å². The second-order valence-electron chi connectivity index (χ2n) is 3.95. The molecule has 0 rings (SSSR count). The Labute approximate surface area is 86.8 Å². The molecule has 3 N–H and O–H groups in total. The first-order chi connectivity index (χ1) is 6.46. The Bertz CT molecular complexity index is 184. The third-order valence-corrected chi connectivity index (χ3v) is 2.43. The number of nitrogens with two attached hydrogens (primary N) is 1. The fraction of sp³-hybridized carbons (Fsp3) is 0.900. The Morgan fingerprint density at radius 1 is 1.50 bits per heavy atom. The topological polar surface area (TPSA) is 58.4 Å². The van der Waals surface area contributed by atoms with Crippen molar-refractivity contribution in [2.45, 2.75) is 32.7 Å². The van der Waals surface area contributed by atoms with Gasteiger partial charge in [-0.3, -0.25) is 4.79 Å². The van der Waals surface area contributed by atoms with Gasteiger partial charge in [0.1, 0.15) is 5.54 Å². The molecule has 4 heteroatoms. The molecule has 0 saturated heterocycles. The van der Waals surface area contributed by atoms with Crippen LogP contribution in [0.1, 0.15) is 27.2 Å². The van der Waals surface area contributed by atoms with Crippen molar-refractivity contribution in [1.82, 2.24) is 10.2 Å². The molecule has 1 atom stereocenters. The Morgan fingerprint density at radius 3 is 2.43 bits per heavy atom. The molecule has 0 aromatic rings. The molecule has 14 heavy (non-hydrogen) atoms. The Morgan fingerprint density at radius 2 is 2.07 bits per heavy atom. The minimum absolute atomic E-state index is 0.286. The van der Waals surface area contributed by atoms with Gasteiger partial charge in [-0.15, -0.1) is 0 Å². The molecule has 0 saturated carbocycles. The molecule has 0 aliphatic heterocycles. The number of hydrogen-bond donors (Lipinski definition) is 2. The van der Waals surface area contributed by atoms with Crippen LogP contribution in [0.15, 0.2) is 0 Å². The van der Waals surface area contributed by atoms with Crippen LogP contribution in [-0.4, -0.2) is 43.0 Å². The zero-order chi connectivity index (χ0) is 11.2. The highest BCUT2D eigenvalue weighted by Crippen LogP contribution is 2.05. The number of nitrogens with zero attached hydrogens (tertiary/aromatic N) is 1. The fourth-order valence-electron chi connectivity index (χ4n) is 1.27. The third kappa shape index (κ3) is 4.07. The number of rotatable bonds is 7. The van der Waals surface area contributed by atoms with E-state index in [-0.39, 0.29) is 5.91 Å². The molecular weight excluding hydrogens is 178 g/mol. The molecule has 1 amide bonds. The summed E-state index contributed by atoms with van der Waals surface area (Å²) in [5, 5.41) is 3.19. The molecule has 4 nitrogen and oxygen atoms in total. The summed E-state index contributed by atoms with van der Waals surface area (Å²) in [4.78, 5) is 13.4. The van der Waals surface area contributed by atoms with Gasteiger partial charge in [-0.05, 0) is 33.5 Å². The third-order valence-electron chi connectivity index (χ3n) is 2.43. The normalized spacial score (nSPS) is 15.5. The largest absolute Gasteiger partial charge is 0.368 e.